The van der Waals surface area contributed by atoms with Gasteiger partial charge < -0.3 is 23.5 Å². The van der Waals surface area contributed by atoms with E-state index in [1.165, 1.54) is 35.1 Å². The number of rotatable bonds is 4. The largest absolute Gasteiger partial charge is 0.534 e. The average molecular weight is 535 g/mol. The summed E-state index contributed by atoms with van der Waals surface area (Å²) in [5.41, 5.74) is -6.25. The van der Waals surface area contributed by atoms with Gasteiger partial charge in [0.15, 0.2) is 5.82 Å². The number of fused-ring (bicyclic) bond motifs is 1. The third-order valence-electron chi connectivity index (χ3n) is 5.06. The number of carbonyl (C=O) groups is 2. The van der Waals surface area contributed by atoms with Crippen LogP contribution in [0.15, 0.2) is 18.2 Å². The highest BCUT2D eigenvalue weighted by Crippen LogP contribution is 2.34. The summed E-state index contributed by atoms with van der Waals surface area (Å²) in [6.45, 7) is 7.05. The van der Waals surface area contributed by atoms with Gasteiger partial charge in [-0.3, -0.25) is 0 Å². The van der Waals surface area contributed by atoms with Crippen LogP contribution in [0.5, 0.6) is 5.88 Å². The molecule has 15 heteroatoms. The zero-order valence-electron chi connectivity index (χ0n) is 20.1. The molecule has 0 aliphatic carbocycles. The van der Waals surface area contributed by atoms with Crippen LogP contribution >= 0.6 is 0 Å². The van der Waals surface area contributed by atoms with Crippen LogP contribution in [0.2, 0.25) is 0 Å². The maximum atomic E-state index is 13.1. The SMILES string of the molecule is COC(=O)c1ccc2nc(OS(=O)(=O)C(F)(F)F)c(N3CCN(C(=O)OC(C)(C)C)C[C@@H]3C)nc2c1. The number of anilines is 1. The van der Waals surface area contributed by atoms with E-state index in [-0.39, 0.29) is 42.0 Å². The molecule has 0 N–H and O–H groups in total. The lowest BCUT2D eigenvalue weighted by Crippen LogP contribution is -2.55. The third-order valence-corrected chi connectivity index (χ3v) is 6.00. The fourth-order valence-electron chi connectivity index (χ4n) is 3.43. The predicted molar refractivity (Wildman–Crippen MR) is 121 cm³/mol. The summed E-state index contributed by atoms with van der Waals surface area (Å²) in [4.78, 5) is 35.5. The lowest BCUT2D eigenvalue weighted by atomic mass is 10.1. The molecule has 0 bridgehead atoms. The second-order valence-electron chi connectivity index (χ2n) is 9.00. The van der Waals surface area contributed by atoms with E-state index in [1.54, 1.807) is 27.7 Å². The first-order valence-electron chi connectivity index (χ1n) is 10.7. The molecule has 2 aromatic rings. The first-order chi connectivity index (χ1) is 16.5. The zero-order valence-corrected chi connectivity index (χ0v) is 20.9. The maximum absolute atomic E-state index is 13.1. The Hall–Kier alpha value is -3.36. The van der Waals surface area contributed by atoms with Gasteiger partial charge in [0.2, 0.25) is 0 Å². The van der Waals surface area contributed by atoms with Gasteiger partial charge in [0.1, 0.15) is 5.60 Å². The van der Waals surface area contributed by atoms with Crippen molar-refractivity contribution in [1.29, 1.82) is 0 Å². The minimum atomic E-state index is -6.06. The fraction of sp³-hybridized carbons (Fsp3) is 0.524. The van der Waals surface area contributed by atoms with Crippen LogP contribution < -0.4 is 9.08 Å². The van der Waals surface area contributed by atoms with Crippen molar-refractivity contribution in [3.8, 4) is 5.88 Å². The van der Waals surface area contributed by atoms with E-state index in [0.29, 0.717) is 0 Å². The molecule has 1 saturated heterocycles. The fourth-order valence-corrected chi connectivity index (χ4v) is 3.85. The van der Waals surface area contributed by atoms with E-state index >= 15 is 0 Å². The van der Waals surface area contributed by atoms with Crippen molar-refractivity contribution >= 4 is 39.0 Å². The molecular formula is C21H25F3N4O7S. The molecule has 0 radical (unpaired) electrons. The molecule has 198 valence electrons. The Kier molecular flexibility index (Phi) is 7.26. The Bertz CT molecular complexity index is 1280. The second-order valence-corrected chi connectivity index (χ2v) is 10.5. The summed E-state index contributed by atoms with van der Waals surface area (Å²) >= 11 is 0. The standard InChI is InChI=1S/C21H25F3N4O7S/c1-12-11-27(19(30)34-20(2,3)4)8-9-28(12)16-17(35-36(31,32)21(22,23)24)26-14-7-6-13(18(29)33-5)10-15(14)25-16/h6-7,10,12H,8-9,11H2,1-5H3/t12-/m0/s1. The van der Waals surface area contributed by atoms with Crippen LogP contribution in [0.3, 0.4) is 0 Å². The van der Waals surface area contributed by atoms with Crippen molar-refractivity contribution in [2.75, 3.05) is 31.6 Å². The van der Waals surface area contributed by atoms with E-state index < -0.39 is 45.2 Å². The maximum Gasteiger partial charge on any atom is 0.534 e. The van der Waals surface area contributed by atoms with Gasteiger partial charge in [-0.15, -0.1) is 0 Å². The van der Waals surface area contributed by atoms with Crippen molar-refractivity contribution < 1.29 is 44.8 Å². The van der Waals surface area contributed by atoms with E-state index in [0.717, 1.165) is 0 Å². The summed E-state index contributed by atoms with van der Waals surface area (Å²) in [6, 6.07) is 3.33. The number of halogens is 3. The van der Waals surface area contributed by atoms with Gasteiger partial charge in [0, 0.05) is 25.7 Å². The molecule has 1 aliphatic heterocycles. The summed E-state index contributed by atoms with van der Waals surface area (Å²) in [5, 5.41) is 0. The Morgan fingerprint density at radius 2 is 1.75 bits per heavy atom. The number of hydrogen-bond acceptors (Lipinski definition) is 10. The van der Waals surface area contributed by atoms with Crippen molar-refractivity contribution in [1.82, 2.24) is 14.9 Å². The molecule has 1 atom stereocenters. The molecule has 36 heavy (non-hydrogen) atoms. The number of ether oxygens (including phenoxy) is 2. The van der Waals surface area contributed by atoms with E-state index in [2.05, 4.69) is 18.9 Å². The second kappa shape index (κ2) is 9.59. The van der Waals surface area contributed by atoms with Crippen LogP contribution in [0.4, 0.5) is 23.8 Å². The molecule has 0 unspecified atom stereocenters. The lowest BCUT2D eigenvalue weighted by Gasteiger charge is -2.40. The highest BCUT2D eigenvalue weighted by Gasteiger charge is 2.49. The van der Waals surface area contributed by atoms with Crippen LogP contribution in [0.1, 0.15) is 38.1 Å². The molecule has 1 amide bonds. The number of alkyl halides is 3. The van der Waals surface area contributed by atoms with E-state index in [9.17, 15) is 31.2 Å². The van der Waals surface area contributed by atoms with Crippen molar-refractivity contribution in [2.24, 2.45) is 0 Å². The van der Waals surface area contributed by atoms with Crippen molar-refractivity contribution in [3.63, 3.8) is 0 Å². The number of hydrogen-bond donors (Lipinski definition) is 0. The first kappa shape index (κ1) is 27.2. The molecule has 1 fully saturated rings. The smallest absolute Gasteiger partial charge is 0.465 e. The molecule has 1 aromatic carbocycles. The summed E-state index contributed by atoms with van der Waals surface area (Å²) in [5.74, 6) is -1.86. The lowest BCUT2D eigenvalue weighted by molar-refractivity contribution is -0.0501. The molecule has 0 saturated carbocycles. The summed E-state index contributed by atoms with van der Waals surface area (Å²) in [6.07, 6.45) is -0.572. The molecule has 3 rings (SSSR count). The Balaban J connectivity index is 2.03. The number of esters is 1. The number of carbonyl (C=O) groups excluding carboxylic acids is 2. The number of piperazine rings is 1. The van der Waals surface area contributed by atoms with Gasteiger partial charge >= 0.3 is 27.7 Å². The topological polar surface area (TPSA) is 128 Å². The summed E-state index contributed by atoms with van der Waals surface area (Å²) < 4.78 is 77.1. The van der Waals surface area contributed by atoms with E-state index in [1.807, 2.05) is 0 Å². The molecule has 1 aliphatic rings. The van der Waals surface area contributed by atoms with Gasteiger partial charge in [0.25, 0.3) is 5.88 Å². The minimum absolute atomic E-state index is 0.0150. The van der Waals surface area contributed by atoms with Crippen LogP contribution in [-0.4, -0.2) is 79.2 Å². The zero-order chi connectivity index (χ0) is 27.1. The molecule has 0 spiro atoms. The minimum Gasteiger partial charge on any atom is -0.465 e. The molecule has 2 heterocycles. The van der Waals surface area contributed by atoms with Gasteiger partial charge in [0.05, 0.1) is 23.7 Å². The van der Waals surface area contributed by atoms with Crippen molar-refractivity contribution in [2.45, 2.75) is 44.8 Å². The van der Waals surface area contributed by atoms with E-state index in [4.69, 9.17) is 4.74 Å². The number of methoxy groups -OCH3 is 1. The number of nitrogens with zero attached hydrogens (tertiary/aromatic N) is 4. The Labute approximate surface area is 205 Å². The van der Waals surface area contributed by atoms with Gasteiger partial charge in [-0.25, -0.2) is 19.6 Å². The molecule has 1 aromatic heterocycles. The highest BCUT2D eigenvalue weighted by atomic mass is 32.2. The monoisotopic (exact) mass is 534 g/mol. The molecule has 11 nitrogen and oxygen atoms in total. The Morgan fingerprint density at radius 3 is 2.31 bits per heavy atom. The normalized spacial score (nSPS) is 17.2. The number of benzene rings is 1. The highest BCUT2D eigenvalue weighted by molar-refractivity contribution is 7.88. The van der Waals surface area contributed by atoms with Crippen LogP contribution in [0.25, 0.3) is 11.0 Å². The predicted octanol–water partition coefficient (Wildman–Crippen LogP) is 3.09. The summed E-state index contributed by atoms with van der Waals surface area (Å²) in [7, 11) is -4.88. The molecular weight excluding hydrogens is 509 g/mol. The average Bonchev–Trinajstić information content (AvgIpc) is 2.75. The third kappa shape index (κ3) is 5.88. The van der Waals surface area contributed by atoms with Crippen molar-refractivity contribution in [3.05, 3.63) is 23.8 Å². The van der Waals surface area contributed by atoms with Crippen LogP contribution in [0, 0.1) is 0 Å². The number of aromatic nitrogens is 2. The number of amides is 1. The van der Waals surface area contributed by atoms with Gasteiger partial charge in [-0.05, 0) is 45.9 Å². The van der Waals surface area contributed by atoms with Gasteiger partial charge in [-0.1, -0.05) is 0 Å². The quantitative estimate of drug-likeness (QED) is 0.328. The first-order valence-corrected chi connectivity index (χ1v) is 12.1. The van der Waals surface area contributed by atoms with Crippen LogP contribution in [-0.2, 0) is 19.6 Å². The Morgan fingerprint density at radius 1 is 1.08 bits per heavy atom. The van der Waals surface area contributed by atoms with Gasteiger partial charge in [-0.2, -0.15) is 21.6 Å².